The van der Waals surface area contributed by atoms with Gasteiger partial charge in [-0.3, -0.25) is 4.68 Å². The number of nitrogens with one attached hydrogen (secondary N) is 1. The number of rotatable bonds is 6. The molecule has 0 bridgehead atoms. The molecule has 35 heavy (non-hydrogen) atoms. The zero-order chi connectivity index (χ0) is 24.5. The van der Waals surface area contributed by atoms with E-state index in [0.717, 1.165) is 41.7 Å². The quantitative estimate of drug-likeness (QED) is 0.431. The van der Waals surface area contributed by atoms with E-state index in [9.17, 15) is 8.78 Å². The third-order valence-corrected chi connectivity index (χ3v) is 5.86. The van der Waals surface area contributed by atoms with E-state index in [4.69, 9.17) is 10.5 Å². The van der Waals surface area contributed by atoms with Gasteiger partial charge in [-0.15, -0.1) is 5.10 Å². The number of ether oxygens (including phenoxy) is 1. The Morgan fingerprint density at radius 3 is 2.69 bits per heavy atom. The Balaban J connectivity index is 1.50. The van der Waals surface area contributed by atoms with E-state index >= 15 is 0 Å². The fraction of sp³-hybridized carbons (Fsp3) is 0.348. The lowest BCUT2D eigenvalue weighted by Gasteiger charge is -2.22. The lowest BCUT2D eigenvalue weighted by Crippen LogP contribution is -2.29. The summed E-state index contributed by atoms with van der Waals surface area (Å²) in [5.41, 5.74) is 7.94. The van der Waals surface area contributed by atoms with Gasteiger partial charge < -0.3 is 15.8 Å². The average Bonchev–Trinajstić information content (AvgIpc) is 3.53. The molecular formula is C23H25F2N9O. The molecule has 182 valence electrons. The van der Waals surface area contributed by atoms with Gasteiger partial charge in [0.05, 0.1) is 23.9 Å². The van der Waals surface area contributed by atoms with E-state index in [2.05, 4.69) is 30.9 Å². The van der Waals surface area contributed by atoms with Crippen molar-refractivity contribution in [2.45, 2.75) is 38.8 Å². The molecule has 1 fully saturated rings. The maximum atomic E-state index is 15.0. The van der Waals surface area contributed by atoms with Crippen molar-refractivity contribution in [1.82, 2.24) is 40.3 Å². The van der Waals surface area contributed by atoms with Crippen molar-refractivity contribution in [1.29, 1.82) is 0 Å². The van der Waals surface area contributed by atoms with Crippen molar-refractivity contribution < 1.29 is 13.5 Å². The largest absolute Gasteiger partial charge is 0.488 e. The van der Waals surface area contributed by atoms with E-state index in [-0.39, 0.29) is 29.2 Å². The maximum Gasteiger partial charge on any atom is 0.202 e. The molecule has 1 aliphatic heterocycles. The minimum Gasteiger partial charge on any atom is -0.488 e. The van der Waals surface area contributed by atoms with Crippen molar-refractivity contribution in [2.24, 2.45) is 0 Å². The van der Waals surface area contributed by atoms with Crippen molar-refractivity contribution in [2.75, 3.05) is 18.8 Å². The van der Waals surface area contributed by atoms with Crippen LogP contribution in [0.15, 0.2) is 36.8 Å². The van der Waals surface area contributed by atoms with Crippen LogP contribution in [-0.2, 0) is 0 Å². The summed E-state index contributed by atoms with van der Waals surface area (Å²) in [6, 6.07) is 4.79. The van der Waals surface area contributed by atoms with Crippen LogP contribution in [0.2, 0.25) is 0 Å². The summed E-state index contributed by atoms with van der Waals surface area (Å²) >= 11 is 0. The fourth-order valence-corrected chi connectivity index (χ4v) is 4.12. The number of aromatic nitrogens is 7. The maximum absolute atomic E-state index is 15.0. The van der Waals surface area contributed by atoms with Crippen LogP contribution in [0.5, 0.6) is 5.75 Å². The first-order valence-electron chi connectivity index (χ1n) is 11.4. The molecule has 1 saturated heterocycles. The van der Waals surface area contributed by atoms with E-state index in [1.165, 1.54) is 12.1 Å². The van der Waals surface area contributed by atoms with Gasteiger partial charge in [-0.05, 0) is 68.4 Å². The molecule has 0 radical (unpaired) electrons. The van der Waals surface area contributed by atoms with E-state index in [1.54, 1.807) is 32.3 Å². The van der Waals surface area contributed by atoms with Gasteiger partial charge >= 0.3 is 0 Å². The highest BCUT2D eigenvalue weighted by Crippen LogP contribution is 2.32. The second-order valence-electron chi connectivity index (χ2n) is 8.64. The molecule has 12 heteroatoms. The summed E-state index contributed by atoms with van der Waals surface area (Å²) < 4.78 is 38.0. The van der Waals surface area contributed by atoms with Crippen molar-refractivity contribution in [3.8, 4) is 34.0 Å². The van der Waals surface area contributed by atoms with Crippen molar-refractivity contribution in [3.05, 3.63) is 48.4 Å². The molecule has 0 aliphatic carbocycles. The minimum atomic E-state index is -1.14. The molecule has 0 unspecified atom stereocenters. The van der Waals surface area contributed by atoms with Crippen molar-refractivity contribution >= 4 is 5.82 Å². The third-order valence-electron chi connectivity index (χ3n) is 5.86. The number of hydrogen-bond donors (Lipinski definition) is 2. The van der Waals surface area contributed by atoms with Gasteiger partial charge in [0.25, 0.3) is 0 Å². The number of nitrogens with zero attached hydrogens (tertiary/aromatic N) is 7. The van der Waals surface area contributed by atoms with E-state index < -0.39 is 11.6 Å². The standard InChI is InChI=1S/C23H25F2N9O/c1-13(2)35-19-4-3-18(20(24)21(19)25)34-23(30-31-32-34)17-9-14(10-28-22(17)26)15-11-29-33(12-15)16-5-7-27-8-6-16/h3-4,9-13,16,27H,5-8H2,1-2H3,(H2,26,28). The number of nitrogens with two attached hydrogens (primary N) is 1. The molecule has 3 N–H and O–H groups in total. The lowest BCUT2D eigenvalue weighted by molar-refractivity contribution is 0.228. The first-order chi connectivity index (χ1) is 16.9. The lowest BCUT2D eigenvalue weighted by atomic mass is 10.1. The van der Waals surface area contributed by atoms with Crippen LogP contribution in [-0.4, -0.2) is 54.2 Å². The van der Waals surface area contributed by atoms with Gasteiger partial charge in [-0.25, -0.2) is 9.37 Å². The number of tetrazole rings is 1. The van der Waals surface area contributed by atoms with Gasteiger partial charge in [0.15, 0.2) is 17.4 Å². The summed E-state index contributed by atoms with van der Waals surface area (Å²) in [6.45, 7) is 5.36. The first kappa shape index (κ1) is 22.8. The first-order valence-corrected chi connectivity index (χ1v) is 11.4. The summed E-state index contributed by atoms with van der Waals surface area (Å²) in [6.07, 6.45) is 7.07. The average molecular weight is 482 g/mol. The van der Waals surface area contributed by atoms with Crippen LogP contribution in [0, 0.1) is 11.6 Å². The Labute approximate surface area is 200 Å². The second kappa shape index (κ2) is 9.37. The number of halogens is 2. The SMILES string of the molecule is CC(C)Oc1ccc(-n2nnnc2-c2cc(-c3cnn(C4CCNCC4)c3)cnc2N)c(F)c1F. The summed E-state index contributed by atoms with van der Waals surface area (Å²) in [5.74, 6) is -2.18. The second-order valence-corrected chi connectivity index (χ2v) is 8.64. The summed E-state index contributed by atoms with van der Waals surface area (Å²) in [4.78, 5) is 4.29. The number of anilines is 1. The van der Waals surface area contributed by atoms with E-state index in [0.29, 0.717) is 11.6 Å². The van der Waals surface area contributed by atoms with Gasteiger partial charge in [0, 0.05) is 23.5 Å². The highest BCUT2D eigenvalue weighted by atomic mass is 19.2. The molecule has 0 saturated carbocycles. The Kier molecular flexibility index (Phi) is 6.12. The van der Waals surface area contributed by atoms with Crippen LogP contribution in [0.4, 0.5) is 14.6 Å². The van der Waals surface area contributed by atoms with Crippen LogP contribution in [0.1, 0.15) is 32.7 Å². The molecule has 0 amide bonds. The van der Waals surface area contributed by atoms with E-state index in [1.807, 2.05) is 10.9 Å². The molecule has 0 spiro atoms. The van der Waals surface area contributed by atoms with Crippen LogP contribution >= 0.6 is 0 Å². The van der Waals surface area contributed by atoms with Crippen LogP contribution in [0.25, 0.3) is 28.2 Å². The highest BCUT2D eigenvalue weighted by molar-refractivity contribution is 5.76. The molecule has 4 aromatic rings. The van der Waals surface area contributed by atoms with Crippen molar-refractivity contribution in [3.63, 3.8) is 0 Å². The normalized spacial score (nSPS) is 14.5. The van der Waals surface area contributed by atoms with Gasteiger partial charge in [-0.1, -0.05) is 0 Å². The molecule has 4 heterocycles. The Morgan fingerprint density at radius 2 is 1.91 bits per heavy atom. The number of piperidine rings is 1. The predicted molar refractivity (Wildman–Crippen MR) is 125 cm³/mol. The van der Waals surface area contributed by atoms with Gasteiger partial charge in [0.2, 0.25) is 5.82 Å². The summed E-state index contributed by atoms with van der Waals surface area (Å²) in [5, 5.41) is 19.4. The minimum absolute atomic E-state index is 0.124. The molecule has 0 atom stereocenters. The molecular weight excluding hydrogens is 456 g/mol. The molecule has 3 aromatic heterocycles. The predicted octanol–water partition coefficient (Wildman–Crippen LogP) is 3.16. The molecule has 1 aromatic carbocycles. The zero-order valence-corrected chi connectivity index (χ0v) is 19.3. The van der Waals surface area contributed by atoms with Crippen LogP contribution < -0.4 is 15.8 Å². The fourth-order valence-electron chi connectivity index (χ4n) is 4.12. The molecule has 5 rings (SSSR count). The van der Waals surface area contributed by atoms with Gasteiger partial charge in [0.1, 0.15) is 11.5 Å². The zero-order valence-electron chi connectivity index (χ0n) is 19.3. The van der Waals surface area contributed by atoms with Gasteiger partial charge in [-0.2, -0.15) is 14.2 Å². The number of benzene rings is 1. The molecule has 1 aliphatic rings. The third kappa shape index (κ3) is 4.44. The van der Waals surface area contributed by atoms with Crippen LogP contribution in [0.3, 0.4) is 0 Å². The topological polar surface area (TPSA) is 122 Å². The number of nitrogen functional groups attached to an aromatic ring is 1. The number of pyridine rings is 1. The highest BCUT2D eigenvalue weighted by Gasteiger charge is 2.23. The Hall–Kier alpha value is -3.93. The molecule has 10 nitrogen and oxygen atoms in total. The number of hydrogen-bond acceptors (Lipinski definition) is 8. The Bertz CT molecular complexity index is 1340. The smallest absolute Gasteiger partial charge is 0.202 e. The Morgan fingerprint density at radius 1 is 1.11 bits per heavy atom. The summed E-state index contributed by atoms with van der Waals surface area (Å²) in [7, 11) is 0. The monoisotopic (exact) mass is 481 g/mol.